The van der Waals surface area contributed by atoms with E-state index in [1.54, 1.807) is 6.20 Å². The molecule has 0 saturated heterocycles. The lowest BCUT2D eigenvalue weighted by atomic mass is 10.0. The second-order valence-corrected chi connectivity index (χ2v) is 8.00. The van der Waals surface area contributed by atoms with Crippen molar-refractivity contribution in [1.29, 1.82) is 0 Å². The summed E-state index contributed by atoms with van der Waals surface area (Å²) in [5.74, 6) is 0.609. The molecule has 1 aromatic carbocycles. The number of carbonyl (C=O) groups excluding carboxylic acids is 1. The number of esters is 1. The Kier molecular flexibility index (Phi) is 7.60. The zero-order valence-electron chi connectivity index (χ0n) is 18.6. The highest BCUT2D eigenvalue weighted by molar-refractivity contribution is 5.72. The first kappa shape index (κ1) is 22.7. The van der Waals surface area contributed by atoms with Gasteiger partial charge in [0.15, 0.2) is 0 Å². The van der Waals surface area contributed by atoms with E-state index in [0.717, 1.165) is 40.3 Å². The van der Waals surface area contributed by atoms with E-state index in [0.29, 0.717) is 6.54 Å². The van der Waals surface area contributed by atoms with Gasteiger partial charge in [-0.1, -0.05) is 30.3 Å². The summed E-state index contributed by atoms with van der Waals surface area (Å²) in [5.41, 5.74) is 5.12. The lowest BCUT2D eigenvalue weighted by molar-refractivity contribution is -0.139. The average molecular weight is 422 g/mol. The molecule has 0 aliphatic heterocycles. The van der Waals surface area contributed by atoms with E-state index in [9.17, 15) is 9.90 Å². The molecule has 0 fully saturated rings. The number of rotatable bonds is 9. The van der Waals surface area contributed by atoms with Crippen LogP contribution in [0.4, 0.5) is 0 Å². The van der Waals surface area contributed by atoms with E-state index in [1.165, 1.54) is 7.11 Å². The molecule has 6 nitrogen and oxygen atoms in total. The monoisotopic (exact) mass is 421 g/mol. The molecule has 2 aromatic heterocycles. The minimum Gasteiger partial charge on any atom is -0.469 e. The fourth-order valence-electron chi connectivity index (χ4n) is 3.72. The fraction of sp³-hybridized carbons (Fsp3) is 0.360. The minimum absolute atomic E-state index is 0.167. The van der Waals surface area contributed by atoms with Crippen molar-refractivity contribution in [2.75, 3.05) is 13.7 Å². The van der Waals surface area contributed by atoms with Gasteiger partial charge in [0.05, 0.1) is 19.6 Å². The Morgan fingerprint density at radius 3 is 2.48 bits per heavy atom. The largest absolute Gasteiger partial charge is 0.469 e. The van der Waals surface area contributed by atoms with Crippen molar-refractivity contribution in [2.45, 2.75) is 45.8 Å². The van der Waals surface area contributed by atoms with Gasteiger partial charge in [0.2, 0.25) is 0 Å². The Bertz CT molecular complexity index is 992. The van der Waals surface area contributed by atoms with Gasteiger partial charge in [0, 0.05) is 35.7 Å². The molecule has 0 radical (unpaired) electrons. The third-order valence-corrected chi connectivity index (χ3v) is 5.42. The van der Waals surface area contributed by atoms with Crippen LogP contribution in [0, 0.1) is 13.8 Å². The molecule has 0 aliphatic rings. The van der Waals surface area contributed by atoms with Gasteiger partial charge in [-0.05, 0) is 56.5 Å². The summed E-state index contributed by atoms with van der Waals surface area (Å²) in [6.07, 6.45) is 2.17. The topological polar surface area (TPSA) is 76.4 Å². The summed E-state index contributed by atoms with van der Waals surface area (Å²) >= 11 is 0. The second-order valence-electron chi connectivity index (χ2n) is 8.00. The molecule has 2 heterocycles. The molecular weight excluding hydrogens is 390 g/mol. The molecular formula is C25H31N3O3. The van der Waals surface area contributed by atoms with Crippen molar-refractivity contribution in [1.82, 2.24) is 14.9 Å². The van der Waals surface area contributed by atoms with Crippen LogP contribution < -0.4 is 5.32 Å². The number of pyridine rings is 1. The van der Waals surface area contributed by atoms with Gasteiger partial charge < -0.3 is 19.7 Å². The molecule has 0 saturated carbocycles. The number of hydrogen-bond acceptors (Lipinski definition) is 5. The predicted octanol–water partition coefficient (Wildman–Crippen LogP) is 3.46. The van der Waals surface area contributed by atoms with Crippen LogP contribution in [0.2, 0.25) is 0 Å². The number of nitrogens with one attached hydrogen (secondary N) is 1. The minimum atomic E-state index is -0.637. The van der Waals surface area contributed by atoms with Crippen molar-refractivity contribution < 1.29 is 14.6 Å². The highest BCUT2D eigenvalue weighted by Gasteiger charge is 2.12. The highest BCUT2D eigenvalue weighted by atomic mass is 16.5. The molecule has 3 aromatic rings. The van der Waals surface area contributed by atoms with Crippen LogP contribution in [0.25, 0.3) is 5.82 Å². The van der Waals surface area contributed by atoms with Gasteiger partial charge >= 0.3 is 5.97 Å². The molecule has 6 heteroatoms. The standard InChI is InChI=1S/C25H31N3O3/c1-17(12-20-6-5-7-21(13-20)14-25(30)31-4)26-16-23(29)22-10-11-24(27-15-22)28-18(2)8-9-19(28)3/h5-11,13,15,17,23,26,29H,12,14,16H2,1-4H3/t17-,23-/m1/s1. The summed E-state index contributed by atoms with van der Waals surface area (Å²) < 4.78 is 6.82. The summed E-state index contributed by atoms with van der Waals surface area (Å²) in [6, 6.07) is 16.1. The van der Waals surface area contributed by atoms with Gasteiger partial charge in [-0.3, -0.25) is 4.79 Å². The van der Waals surface area contributed by atoms with Crippen molar-refractivity contribution in [2.24, 2.45) is 0 Å². The van der Waals surface area contributed by atoms with E-state index < -0.39 is 6.10 Å². The van der Waals surface area contributed by atoms with E-state index in [2.05, 4.69) is 33.9 Å². The van der Waals surface area contributed by atoms with Crippen LogP contribution in [0.15, 0.2) is 54.7 Å². The molecule has 0 amide bonds. The normalized spacial score (nSPS) is 13.1. The van der Waals surface area contributed by atoms with Crippen molar-refractivity contribution in [3.8, 4) is 5.82 Å². The quantitative estimate of drug-likeness (QED) is 0.518. The first-order chi connectivity index (χ1) is 14.9. The van der Waals surface area contributed by atoms with E-state index in [-0.39, 0.29) is 18.4 Å². The molecule has 0 bridgehead atoms. The Morgan fingerprint density at radius 1 is 1.13 bits per heavy atom. The fourth-order valence-corrected chi connectivity index (χ4v) is 3.72. The number of methoxy groups -OCH3 is 1. The van der Waals surface area contributed by atoms with E-state index in [1.807, 2.05) is 50.2 Å². The Morgan fingerprint density at radius 2 is 1.84 bits per heavy atom. The molecule has 0 unspecified atom stereocenters. The number of carbonyl (C=O) groups is 1. The van der Waals surface area contributed by atoms with Gasteiger partial charge in [0.1, 0.15) is 5.82 Å². The number of hydrogen-bond donors (Lipinski definition) is 2. The van der Waals surface area contributed by atoms with Gasteiger partial charge in [-0.2, -0.15) is 0 Å². The molecule has 164 valence electrons. The van der Waals surface area contributed by atoms with Crippen LogP contribution in [0.3, 0.4) is 0 Å². The number of nitrogens with zero attached hydrogens (tertiary/aromatic N) is 2. The van der Waals surface area contributed by atoms with Gasteiger partial charge in [-0.25, -0.2) is 4.98 Å². The zero-order chi connectivity index (χ0) is 22.4. The molecule has 2 N–H and O–H groups in total. The van der Waals surface area contributed by atoms with Gasteiger partial charge in [0.25, 0.3) is 0 Å². The summed E-state index contributed by atoms with van der Waals surface area (Å²) in [5, 5.41) is 14.0. The maximum Gasteiger partial charge on any atom is 0.309 e. The van der Waals surface area contributed by atoms with Crippen LogP contribution in [0.1, 0.15) is 41.1 Å². The van der Waals surface area contributed by atoms with Crippen molar-refractivity contribution >= 4 is 5.97 Å². The Balaban J connectivity index is 1.54. The first-order valence-corrected chi connectivity index (χ1v) is 10.5. The smallest absolute Gasteiger partial charge is 0.309 e. The van der Waals surface area contributed by atoms with Crippen LogP contribution in [0.5, 0.6) is 0 Å². The van der Waals surface area contributed by atoms with Crippen LogP contribution in [-0.2, 0) is 22.4 Å². The number of aliphatic hydroxyl groups excluding tert-OH is 1. The van der Waals surface area contributed by atoms with Crippen LogP contribution >= 0.6 is 0 Å². The Hall–Kier alpha value is -2.96. The summed E-state index contributed by atoms with van der Waals surface area (Å²) in [7, 11) is 1.40. The molecule has 3 rings (SSSR count). The summed E-state index contributed by atoms with van der Waals surface area (Å²) in [6.45, 7) is 6.62. The van der Waals surface area contributed by atoms with Crippen LogP contribution in [-0.4, -0.2) is 40.3 Å². The third-order valence-electron chi connectivity index (χ3n) is 5.42. The first-order valence-electron chi connectivity index (χ1n) is 10.5. The molecule has 0 spiro atoms. The molecule has 0 aliphatic carbocycles. The predicted molar refractivity (Wildman–Crippen MR) is 121 cm³/mol. The number of aromatic nitrogens is 2. The number of ether oxygens (including phenoxy) is 1. The van der Waals surface area contributed by atoms with E-state index >= 15 is 0 Å². The maximum absolute atomic E-state index is 11.5. The highest BCUT2D eigenvalue weighted by Crippen LogP contribution is 2.17. The lowest BCUT2D eigenvalue weighted by Gasteiger charge is -2.18. The SMILES string of the molecule is COC(=O)Cc1cccc(C[C@@H](C)NC[C@@H](O)c2ccc(-n3c(C)ccc3C)nc2)c1. The lowest BCUT2D eigenvalue weighted by Crippen LogP contribution is -2.32. The maximum atomic E-state index is 11.5. The van der Waals surface area contributed by atoms with E-state index in [4.69, 9.17) is 4.74 Å². The van der Waals surface area contributed by atoms with Crippen molar-refractivity contribution in [3.63, 3.8) is 0 Å². The number of aryl methyl sites for hydroxylation is 2. The number of benzene rings is 1. The third kappa shape index (κ3) is 6.03. The average Bonchev–Trinajstić information content (AvgIpc) is 3.10. The number of aliphatic hydroxyl groups is 1. The second kappa shape index (κ2) is 10.4. The molecule has 31 heavy (non-hydrogen) atoms. The van der Waals surface area contributed by atoms with Crippen molar-refractivity contribution in [3.05, 3.63) is 82.8 Å². The zero-order valence-corrected chi connectivity index (χ0v) is 18.6. The molecule has 2 atom stereocenters. The Labute approximate surface area is 183 Å². The summed E-state index contributed by atoms with van der Waals surface area (Å²) in [4.78, 5) is 16.0. The van der Waals surface area contributed by atoms with Gasteiger partial charge in [-0.15, -0.1) is 0 Å².